The van der Waals surface area contributed by atoms with Crippen LogP contribution in [-0.4, -0.2) is 60.3 Å². The molecule has 1 aliphatic rings. The topological polar surface area (TPSA) is 112 Å². The molecular weight excluding hydrogens is 484 g/mol. The third-order valence-electron chi connectivity index (χ3n) is 6.04. The molecule has 9 nitrogen and oxygen atoms in total. The second-order valence-electron chi connectivity index (χ2n) is 8.11. The average molecular weight is 517 g/mol. The van der Waals surface area contributed by atoms with Crippen LogP contribution in [-0.2, 0) is 24.1 Å². The third kappa shape index (κ3) is 5.40. The number of nitrogens with one attached hydrogen (secondary N) is 2. The van der Waals surface area contributed by atoms with Crippen molar-refractivity contribution in [1.29, 1.82) is 0 Å². The lowest BCUT2D eigenvalue weighted by atomic mass is 10.0. The molecule has 2 aromatic carbocycles. The molecule has 3 unspecified atom stereocenters. The number of ether oxygens (including phenoxy) is 4. The highest BCUT2D eigenvalue weighted by Crippen LogP contribution is 2.38. The molecule has 36 heavy (non-hydrogen) atoms. The molecule has 0 radical (unpaired) electrons. The normalized spacial score (nSPS) is 20.2. The predicted molar refractivity (Wildman–Crippen MR) is 135 cm³/mol. The summed E-state index contributed by atoms with van der Waals surface area (Å²) in [5.74, 6) is 0.779. The first-order valence-corrected chi connectivity index (χ1v) is 12.7. The minimum absolute atomic E-state index is 0.0325. The summed E-state index contributed by atoms with van der Waals surface area (Å²) >= 11 is 0. The van der Waals surface area contributed by atoms with E-state index in [1.54, 1.807) is 6.08 Å². The molecule has 0 saturated heterocycles. The number of hydrogen-bond acceptors (Lipinski definition) is 8. The second kappa shape index (κ2) is 11.6. The minimum atomic E-state index is -4.16. The van der Waals surface area contributed by atoms with E-state index in [-0.39, 0.29) is 29.1 Å². The molecule has 0 aromatic heterocycles. The summed E-state index contributed by atoms with van der Waals surface area (Å²) in [5, 5.41) is 5.94. The van der Waals surface area contributed by atoms with Crippen LogP contribution in [0.5, 0.6) is 11.5 Å². The molecular formula is C26H32N2O7S. The van der Waals surface area contributed by atoms with Crippen LogP contribution in [0.25, 0.3) is 0 Å². The average Bonchev–Trinajstić information content (AvgIpc) is 2.91. The Bertz CT molecular complexity index is 1230. The van der Waals surface area contributed by atoms with Gasteiger partial charge in [0.15, 0.2) is 11.5 Å². The summed E-state index contributed by atoms with van der Waals surface area (Å²) in [6.45, 7) is 1.72. The van der Waals surface area contributed by atoms with Crippen molar-refractivity contribution in [3.8, 4) is 11.5 Å². The van der Waals surface area contributed by atoms with Gasteiger partial charge in [-0.3, -0.25) is 10.1 Å². The van der Waals surface area contributed by atoms with Crippen molar-refractivity contribution in [1.82, 2.24) is 10.6 Å². The van der Waals surface area contributed by atoms with E-state index >= 15 is 0 Å². The number of carbonyl (C=O) groups excluding carboxylic acids is 1. The van der Waals surface area contributed by atoms with Crippen LogP contribution in [0, 0.1) is 0 Å². The highest BCUT2D eigenvalue weighted by Gasteiger charge is 2.51. The van der Waals surface area contributed by atoms with Crippen LogP contribution in [0.3, 0.4) is 0 Å². The molecule has 0 saturated carbocycles. The largest absolute Gasteiger partial charge is 0.497 e. The lowest BCUT2D eigenvalue weighted by Crippen LogP contribution is -2.57. The molecule has 2 N–H and O–H groups in total. The van der Waals surface area contributed by atoms with Gasteiger partial charge < -0.3 is 24.3 Å². The van der Waals surface area contributed by atoms with Gasteiger partial charge in [0.05, 0.1) is 44.9 Å². The van der Waals surface area contributed by atoms with Gasteiger partial charge in [-0.25, -0.2) is 8.42 Å². The van der Waals surface area contributed by atoms with Gasteiger partial charge in [-0.15, -0.1) is 0 Å². The fourth-order valence-electron chi connectivity index (χ4n) is 4.02. The summed E-state index contributed by atoms with van der Waals surface area (Å²) < 4.78 is 49.4. The van der Waals surface area contributed by atoms with Crippen molar-refractivity contribution in [3.05, 3.63) is 78.1 Å². The lowest BCUT2D eigenvalue weighted by molar-refractivity contribution is -0.121. The van der Waals surface area contributed by atoms with Crippen molar-refractivity contribution >= 4 is 15.7 Å². The standard InChI is InChI=1S/C26H32N2O7S/c1-18(19-9-7-6-8-10-19)28-25(29)17-27-24-15-20(32-2)13-14-26(24,35-5)36(30,31)21-11-12-22(33-3)23(16-21)34-4/h6-16,18,24,27H,17H2,1-5H3,(H,28,29). The van der Waals surface area contributed by atoms with Gasteiger partial charge in [-0.05, 0) is 42.8 Å². The molecule has 1 aliphatic carbocycles. The van der Waals surface area contributed by atoms with Gasteiger partial charge in [-0.1, -0.05) is 30.3 Å². The molecule has 0 aliphatic heterocycles. The number of methoxy groups -OCH3 is 4. The third-order valence-corrected chi connectivity index (χ3v) is 8.32. The molecule has 10 heteroatoms. The van der Waals surface area contributed by atoms with E-state index in [1.165, 1.54) is 58.8 Å². The number of allylic oxidation sites excluding steroid dienone is 1. The smallest absolute Gasteiger partial charge is 0.234 e. The van der Waals surface area contributed by atoms with E-state index in [4.69, 9.17) is 18.9 Å². The molecule has 3 rings (SSSR count). The van der Waals surface area contributed by atoms with Crippen molar-refractivity contribution in [2.24, 2.45) is 0 Å². The Morgan fingerprint density at radius 1 is 1.00 bits per heavy atom. The monoisotopic (exact) mass is 516 g/mol. The Labute approximate surface area is 212 Å². The van der Waals surface area contributed by atoms with Crippen LogP contribution in [0.2, 0.25) is 0 Å². The highest BCUT2D eigenvalue weighted by atomic mass is 32.2. The molecule has 2 aromatic rings. The number of carbonyl (C=O) groups is 1. The zero-order valence-electron chi connectivity index (χ0n) is 21.0. The van der Waals surface area contributed by atoms with Gasteiger partial charge in [0.1, 0.15) is 5.76 Å². The maximum atomic E-state index is 13.9. The van der Waals surface area contributed by atoms with E-state index < -0.39 is 20.8 Å². The molecule has 3 atom stereocenters. The van der Waals surface area contributed by atoms with E-state index in [2.05, 4.69) is 10.6 Å². The van der Waals surface area contributed by atoms with Crippen LogP contribution < -0.4 is 20.1 Å². The Balaban J connectivity index is 1.89. The van der Waals surface area contributed by atoms with Crippen LogP contribution in [0.4, 0.5) is 0 Å². The molecule has 0 spiro atoms. The maximum absolute atomic E-state index is 13.9. The van der Waals surface area contributed by atoms with E-state index in [0.29, 0.717) is 11.5 Å². The van der Waals surface area contributed by atoms with Crippen LogP contribution in [0.15, 0.2) is 77.4 Å². The molecule has 1 amide bonds. The van der Waals surface area contributed by atoms with Gasteiger partial charge in [0.25, 0.3) is 0 Å². The molecule has 0 heterocycles. The number of sulfone groups is 1. The number of hydrogen-bond donors (Lipinski definition) is 2. The Kier molecular flexibility index (Phi) is 8.78. The highest BCUT2D eigenvalue weighted by molar-refractivity contribution is 7.93. The number of benzene rings is 2. The van der Waals surface area contributed by atoms with E-state index in [9.17, 15) is 13.2 Å². The summed E-state index contributed by atoms with van der Waals surface area (Å²) in [6.07, 6.45) is 4.52. The molecule has 194 valence electrons. The SMILES string of the molecule is COC1=CC(NCC(=O)NC(C)c2ccccc2)C(OC)(S(=O)(=O)c2ccc(OC)c(OC)c2)C=C1. The Morgan fingerprint density at radius 2 is 1.69 bits per heavy atom. The number of amides is 1. The number of rotatable bonds is 11. The van der Waals surface area contributed by atoms with E-state index in [0.717, 1.165) is 5.56 Å². The first kappa shape index (κ1) is 27.3. The van der Waals surface area contributed by atoms with Gasteiger partial charge in [0.2, 0.25) is 20.7 Å². The van der Waals surface area contributed by atoms with Gasteiger partial charge in [-0.2, -0.15) is 0 Å². The first-order chi connectivity index (χ1) is 17.2. The van der Waals surface area contributed by atoms with Gasteiger partial charge in [0, 0.05) is 13.2 Å². The van der Waals surface area contributed by atoms with Gasteiger partial charge >= 0.3 is 0 Å². The summed E-state index contributed by atoms with van der Waals surface area (Å²) in [4.78, 5) is 10.8. The lowest BCUT2D eigenvalue weighted by Gasteiger charge is -2.37. The van der Waals surface area contributed by atoms with Crippen molar-refractivity contribution < 1.29 is 32.2 Å². The van der Waals surface area contributed by atoms with Crippen LogP contribution in [0.1, 0.15) is 18.5 Å². The van der Waals surface area contributed by atoms with Crippen molar-refractivity contribution in [2.45, 2.75) is 28.8 Å². The maximum Gasteiger partial charge on any atom is 0.234 e. The second-order valence-corrected chi connectivity index (χ2v) is 10.2. The summed E-state index contributed by atoms with van der Waals surface area (Å²) in [6, 6.07) is 12.7. The predicted octanol–water partition coefficient (Wildman–Crippen LogP) is 2.76. The van der Waals surface area contributed by atoms with Crippen LogP contribution >= 0.6 is 0 Å². The fourth-order valence-corrected chi connectivity index (χ4v) is 5.85. The fraction of sp³-hybridized carbons (Fsp3) is 0.346. The molecule has 0 fully saturated rings. The molecule has 0 bridgehead atoms. The minimum Gasteiger partial charge on any atom is -0.497 e. The van der Waals surface area contributed by atoms with Crippen molar-refractivity contribution in [2.75, 3.05) is 35.0 Å². The zero-order valence-corrected chi connectivity index (χ0v) is 21.8. The Hall–Kier alpha value is -3.34. The zero-order chi connectivity index (χ0) is 26.3. The first-order valence-electron chi connectivity index (χ1n) is 11.3. The van der Waals surface area contributed by atoms with Crippen molar-refractivity contribution in [3.63, 3.8) is 0 Å². The summed E-state index contributed by atoms with van der Waals surface area (Å²) in [7, 11) is 1.51. The quantitative estimate of drug-likeness (QED) is 0.469. The Morgan fingerprint density at radius 3 is 2.31 bits per heavy atom. The summed E-state index contributed by atoms with van der Waals surface area (Å²) in [5.41, 5.74) is 0.954. The van der Waals surface area contributed by atoms with E-state index in [1.807, 2.05) is 37.3 Å².